The number of esters is 1. The average Bonchev–Trinajstić information content (AvgIpc) is 2.56. The number of fused-ring (bicyclic) bond motifs is 1. The van der Waals surface area contributed by atoms with Crippen molar-refractivity contribution in [3.05, 3.63) is 62.0 Å². The lowest BCUT2D eigenvalue weighted by atomic mass is 10.2. The van der Waals surface area contributed by atoms with E-state index in [-0.39, 0.29) is 4.90 Å². The Morgan fingerprint density at radius 3 is 2.48 bits per heavy atom. The van der Waals surface area contributed by atoms with Crippen LogP contribution in [0.5, 0.6) is 0 Å². The maximum atomic E-state index is 12.8. The lowest BCUT2D eigenvalue weighted by Crippen LogP contribution is -2.26. The lowest BCUT2D eigenvalue weighted by Gasteiger charge is -2.28. The molecule has 0 fully saturated rings. The van der Waals surface area contributed by atoms with Crippen LogP contribution in [0, 0.1) is 0 Å². The molecule has 0 spiro atoms. The van der Waals surface area contributed by atoms with Crippen LogP contribution < -0.4 is 4.90 Å². The number of rotatable bonds is 2. The summed E-state index contributed by atoms with van der Waals surface area (Å²) in [6.07, 6.45) is 1.22. The smallest absolute Gasteiger partial charge is 0.351 e. The Kier molecular flexibility index (Phi) is 4.85. The minimum Gasteiger partial charge on any atom is -0.465 e. The number of anilines is 2. The topological polar surface area (TPSA) is 63.7 Å². The SMILES string of the molecule is COC(=O)C1=CN(c2ccc(Cl)c(Cl)c2)c2cc(Br)ccc2S1(=O)=O. The quantitative estimate of drug-likeness (QED) is 0.605. The number of nitrogens with zero attached hydrogens (tertiary/aromatic N) is 1. The summed E-state index contributed by atoms with van der Waals surface area (Å²) >= 11 is 15.4. The summed E-state index contributed by atoms with van der Waals surface area (Å²) in [6.45, 7) is 0. The molecule has 0 amide bonds. The third-order valence-corrected chi connectivity index (χ3v) is 6.58. The van der Waals surface area contributed by atoms with Gasteiger partial charge in [-0.1, -0.05) is 39.1 Å². The van der Waals surface area contributed by atoms with E-state index in [1.165, 1.54) is 12.3 Å². The first kappa shape index (κ1) is 18.3. The monoisotopic (exact) mass is 461 g/mol. The van der Waals surface area contributed by atoms with Crippen molar-refractivity contribution in [2.75, 3.05) is 12.0 Å². The summed E-state index contributed by atoms with van der Waals surface area (Å²) in [5.41, 5.74) is 0.922. The number of halogens is 3. The minimum atomic E-state index is -4.01. The normalized spacial score (nSPS) is 15.4. The van der Waals surface area contributed by atoms with Gasteiger partial charge in [-0.05, 0) is 36.4 Å². The molecule has 0 saturated carbocycles. The van der Waals surface area contributed by atoms with Crippen molar-refractivity contribution < 1.29 is 17.9 Å². The number of sulfone groups is 1. The molecule has 25 heavy (non-hydrogen) atoms. The Balaban J connectivity index is 2.30. The molecule has 9 heteroatoms. The van der Waals surface area contributed by atoms with Crippen molar-refractivity contribution in [1.82, 2.24) is 0 Å². The number of ether oxygens (including phenoxy) is 1. The highest BCUT2D eigenvalue weighted by Crippen LogP contribution is 2.42. The maximum Gasteiger partial charge on any atom is 0.351 e. The Bertz CT molecular complexity index is 1020. The molecule has 2 aromatic rings. The minimum absolute atomic E-state index is 0.00956. The van der Waals surface area contributed by atoms with Crippen LogP contribution in [0.4, 0.5) is 11.4 Å². The van der Waals surface area contributed by atoms with Crippen LogP contribution in [-0.2, 0) is 19.4 Å². The van der Waals surface area contributed by atoms with Crippen molar-refractivity contribution in [3.8, 4) is 0 Å². The highest BCUT2D eigenvalue weighted by Gasteiger charge is 2.36. The average molecular weight is 463 g/mol. The van der Waals surface area contributed by atoms with Crippen LogP contribution in [-0.4, -0.2) is 21.5 Å². The van der Waals surface area contributed by atoms with E-state index in [1.54, 1.807) is 35.2 Å². The zero-order valence-corrected chi connectivity index (χ0v) is 16.6. The summed E-state index contributed by atoms with van der Waals surface area (Å²) in [4.78, 5) is 13.1. The third-order valence-electron chi connectivity index (χ3n) is 3.57. The second-order valence-electron chi connectivity index (χ2n) is 5.07. The van der Waals surface area contributed by atoms with E-state index in [9.17, 15) is 13.2 Å². The van der Waals surface area contributed by atoms with E-state index >= 15 is 0 Å². The Morgan fingerprint density at radius 2 is 1.84 bits per heavy atom. The number of hydrogen-bond donors (Lipinski definition) is 0. The van der Waals surface area contributed by atoms with Crippen LogP contribution in [0.25, 0.3) is 0 Å². The van der Waals surface area contributed by atoms with Crippen molar-refractivity contribution in [3.63, 3.8) is 0 Å². The highest BCUT2D eigenvalue weighted by atomic mass is 79.9. The van der Waals surface area contributed by atoms with Crippen molar-refractivity contribution >= 4 is 66.3 Å². The predicted molar refractivity (Wildman–Crippen MR) is 100 cm³/mol. The molecular weight excluding hydrogens is 453 g/mol. The summed E-state index contributed by atoms with van der Waals surface area (Å²) in [7, 11) is -2.88. The zero-order chi connectivity index (χ0) is 18.4. The van der Waals surface area contributed by atoms with Gasteiger partial charge in [-0.2, -0.15) is 0 Å². The molecule has 1 aliphatic rings. The van der Waals surface area contributed by atoms with Gasteiger partial charge in [0.05, 0.1) is 27.7 Å². The van der Waals surface area contributed by atoms with Gasteiger partial charge in [0.15, 0.2) is 4.91 Å². The van der Waals surface area contributed by atoms with E-state index in [4.69, 9.17) is 23.2 Å². The molecule has 0 N–H and O–H groups in total. The van der Waals surface area contributed by atoms with Crippen molar-refractivity contribution in [2.24, 2.45) is 0 Å². The van der Waals surface area contributed by atoms with Gasteiger partial charge in [-0.15, -0.1) is 0 Å². The third kappa shape index (κ3) is 3.17. The van der Waals surface area contributed by atoms with Crippen LogP contribution in [0.1, 0.15) is 0 Å². The first-order valence-electron chi connectivity index (χ1n) is 6.85. The highest BCUT2D eigenvalue weighted by molar-refractivity contribution is 9.10. The molecule has 1 aliphatic heterocycles. The molecule has 0 unspecified atom stereocenters. The number of carbonyl (C=O) groups is 1. The molecule has 0 aliphatic carbocycles. The summed E-state index contributed by atoms with van der Waals surface area (Å²) in [5.74, 6) is -0.946. The second-order valence-corrected chi connectivity index (χ2v) is 8.69. The number of hydrogen-bond acceptors (Lipinski definition) is 5. The summed E-state index contributed by atoms with van der Waals surface area (Å²) < 4.78 is 30.8. The van der Waals surface area contributed by atoms with Gasteiger partial charge in [-0.3, -0.25) is 0 Å². The van der Waals surface area contributed by atoms with Gasteiger partial charge >= 0.3 is 5.97 Å². The molecule has 0 saturated heterocycles. The van der Waals surface area contributed by atoms with Crippen molar-refractivity contribution in [2.45, 2.75) is 4.90 Å². The van der Waals surface area contributed by atoms with Gasteiger partial charge < -0.3 is 9.64 Å². The van der Waals surface area contributed by atoms with E-state index < -0.39 is 20.7 Å². The van der Waals surface area contributed by atoms with Gasteiger partial charge in [0, 0.05) is 16.4 Å². The molecule has 0 radical (unpaired) electrons. The van der Waals surface area contributed by atoms with Gasteiger partial charge in [0.25, 0.3) is 0 Å². The second kappa shape index (κ2) is 6.64. The fourth-order valence-electron chi connectivity index (χ4n) is 2.39. The van der Waals surface area contributed by atoms with E-state index in [2.05, 4.69) is 20.7 Å². The Hall–Kier alpha value is -1.54. The Labute approximate surface area is 162 Å². The molecule has 5 nitrogen and oxygen atoms in total. The van der Waals surface area contributed by atoms with E-state index in [0.29, 0.717) is 25.9 Å². The standard InChI is InChI=1S/C16H10BrCl2NO4S/c1-24-16(21)15-8-20(10-3-4-11(18)12(19)7-10)13-6-9(17)2-5-14(13)25(15,22)23/h2-8H,1H3. The molecule has 0 bridgehead atoms. The number of methoxy groups -OCH3 is 1. The van der Waals surface area contributed by atoms with Crippen LogP contribution in [0.15, 0.2) is 56.9 Å². The molecular formula is C16H10BrCl2NO4S. The lowest BCUT2D eigenvalue weighted by molar-refractivity contribution is -0.135. The number of benzene rings is 2. The van der Waals surface area contributed by atoms with E-state index in [1.807, 2.05) is 0 Å². The first-order valence-corrected chi connectivity index (χ1v) is 9.88. The van der Waals surface area contributed by atoms with Gasteiger partial charge in [0.1, 0.15) is 0 Å². The first-order chi connectivity index (χ1) is 11.8. The molecule has 1 heterocycles. The van der Waals surface area contributed by atoms with Gasteiger partial charge in [-0.25, -0.2) is 13.2 Å². The maximum absolute atomic E-state index is 12.8. The predicted octanol–water partition coefficient (Wildman–Crippen LogP) is 4.70. The molecule has 3 rings (SSSR count). The van der Waals surface area contributed by atoms with Crippen LogP contribution in [0.2, 0.25) is 10.0 Å². The van der Waals surface area contributed by atoms with Crippen LogP contribution >= 0.6 is 39.1 Å². The van der Waals surface area contributed by atoms with Crippen molar-refractivity contribution in [1.29, 1.82) is 0 Å². The van der Waals surface area contributed by atoms with E-state index in [0.717, 1.165) is 7.11 Å². The fourth-order valence-corrected chi connectivity index (χ4v) is 4.50. The molecule has 0 atom stereocenters. The van der Waals surface area contributed by atoms with Crippen LogP contribution in [0.3, 0.4) is 0 Å². The molecule has 2 aromatic carbocycles. The molecule has 0 aromatic heterocycles. The number of carbonyl (C=O) groups excluding carboxylic acids is 1. The Morgan fingerprint density at radius 1 is 1.12 bits per heavy atom. The largest absolute Gasteiger partial charge is 0.465 e. The molecule has 130 valence electrons. The van der Waals surface area contributed by atoms with Gasteiger partial charge in [0.2, 0.25) is 9.84 Å². The zero-order valence-electron chi connectivity index (χ0n) is 12.7. The summed E-state index contributed by atoms with van der Waals surface area (Å²) in [5, 5.41) is 0.666. The summed E-state index contributed by atoms with van der Waals surface area (Å²) in [6, 6.07) is 9.49. The fraction of sp³-hybridized carbons (Fsp3) is 0.0625.